The Morgan fingerprint density at radius 2 is 1.81 bits per heavy atom. The lowest BCUT2D eigenvalue weighted by Gasteiger charge is -2.40. The van der Waals surface area contributed by atoms with Crippen LogP contribution in [0.4, 0.5) is 17.6 Å². The molecule has 37 heavy (non-hydrogen) atoms. The van der Waals surface area contributed by atoms with Crippen molar-refractivity contribution < 1.29 is 27.2 Å². The van der Waals surface area contributed by atoms with Crippen molar-refractivity contribution in [2.24, 2.45) is 5.92 Å². The number of hydrogen-bond acceptors (Lipinski definition) is 5. The summed E-state index contributed by atoms with van der Waals surface area (Å²) in [7, 11) is 1.44. The van der Waals surface area contributed by atoms with Gasteiger partial charge in [0.05, 0.1) is 11.9 Å². The molecule has 3 aliphatic heterocycles. The van der Waals surface area contributed by atoms with Crippen LogP contribution >= 0.6 is 0 Å². The smallest absolute Gasteiger partial charge is 0.352 e. The van der Waals surface area contributed by atoms with E-state index < -0.39 is 18.0 Å². The predicted molar refractivity (Wildman–Crippen MR) is 126 cm³/mol. The van der Waals surface area contributed by atoms with Crippen LogP contribution in [-0.2, 0) is 4.79 Å². The van der Waals surface area contributed by atoms with Crippen LogP contribution in [0.15, 0.2) is 18.3 Å². The number of aryl methyl sites for hydroxylation is 1. The summed E-state index contributed by atoms with van der Waals surface area (Å²) in [5.74, 6) is -1.22. The third-order valence-electron chi connectivity index (χ3n) is 7.97. The van der Waals surface area contributed by atoms with E-state index in [2.05, 4.69) is 20.5 Å². The first kappa shape index (κ1) is 25.6. The summed E-state index contributed by atoms with van der Waals surface area (Å²) >= 11 is 0. The number of carbonyl (C=O) groups is 2. The van der Waals surface area contributed by atoms with Gasteiger partial charge in [0.15, 0.2) is 11.5 Å². The lowest BCUT2D eigenvalue weighted by Crippen LogP contribution is -2.56. The lowest BCUT2D eigenvalue weighted by atomic mass is 9.89. The van der Waals surface area contributed by atoms with Gasteiger partial charge in [0, 0.05) is 41.8 Å². The van der Waals surface area contributed by atoms with Crippen LogP contribution in [0.5, 0.6) is 0 Å². The molecule has 3 fully saturated rings. The van der Waals surface area contributed by atoms with Gasteiger partial charge in [0.25, 0.3) is 5.91 Å². The molecule has 5 atom stereocenters. The van der Waals surface area contributed by atoms with Gasteiger partial charge in [0.2, 0.25) is 5.91 Å². The SMILES string of the molecule is Cc1cc(-c2cc(C(=O)N3[C@@H]4CC[C@H]3CC(C(=O)N[C@H]3CC[C@@H](C(F)(F)F)N(C)C3)C4)n[nH]2)c(F)cn1. The summed E-state index contributed by atoms with van der Waals surface area (Å²) in [6.07, 6.45) is -0.369. The highest BCUT2D eigenvalue weighted by atomic mass is 19.4. The van der Waals surface area contributed by atoms with Crippen LogP contribution in [0.25, 0.3) is 11.3 Å². The molecular formula is C25H30F4N6O2. The molecule has 1 unspecified atom stereocenters. The van der Waals surface area contributed by atoms with Gasteiger partial charge in [-0.25, -0.2) is 4.39 Å². The van der Waals surface area contributed by atoms with Gasteiger partial charge in [0.1, 0.15) is 6.04 Å². The number of likely N-dealkylation sites (tertiary alicyclic amines) is 1. The van der Waals surface area contributed by atoms with Crippen molar-refractivity contribution in [2.45, 2.75) is 75.8 Å². The molecular weight excluding hydrogens is 492 g/mol. The Hall–Kier alpha value is -3.02. The van der Waals surface area contributed by atoms with Crippen LogP contribution in [0.2, 0.25) is 0 Å². The van der Waals surface area contributed by atoms with E-state index in [1.54, 1.807) is 17.9 Å². The maximum absolute atomic E-state index is 14.2. The molecule has 2 aromatic rings. The Morgan fingerprint density at radius 3 is 2.46 bits per heavy atom. The summed E-state index contributed by atoms with van der Waals surface area (Å²) in [4.78, 5) is 33.3. The summed E-state index contributed by atoms with van der Waals surface area (Å²) < 4.78 is 53.6. The highest BCUT2D eigenvalue weighted by molar-refractivity contribution is 5.94. The molecule has 0 spiro atoms. The van der Waals surface area contributed by atoms with Crippen LogP contribution in [0, 0.1) is 18.7 Å². The van der Waals surface area contributed by atoms with E-state index in [1.807, 2.05) is 0 Å². The number of amides is 2. The standard InChI is InChI=1S/C25H30F4N6O2/c1-13-7-18(19(26)11-30-13)20-10-21(33-32-20)24(37)35-16-4-5-17(35)9-14(8-16)23(36)31-15-3-6-22(25(27,28)29)34(2)12-15/h7,10-11,14-17,22H,3-6,8-9,12H2,1-2H3,(H,31,36)(H,32,33)/t14?,15-,16-,17+,22-/m0/s1. The summed E-state index contributed by atoms with van der Waals surface area (Å²) in [6, 6.07) is 1.07. The Bertz CT molecular complexity index is 1170. The zero-order valence-corrected chi connectivity index (χ0v) is 20.7. The van der Waals surface area contributed by atoms with Crippen molar-refractivity contribution in [1.82, 2.24) is 30.3 Å². The number of likely N-dealkylation sites (N-methyl/N-ethyl adjacent to an activating group) is 1. The average molecular weight is 523 g/mol. The van der Waals surface area contributed by atoms with Crippen molar-refractivity contribution in [2.75, 3.05) is 13.6 Å². The Kier molecular flexibility index (Phi) is 6.71. The van der Waals surface area contributed by atoms with Crippen molar-refractivity contribution >= 4 is 11.8 Å². The van der Waals surface area contributed by atoms with Crippen LogP contribution in [-0.4, -0.2) is 80.7 Å². The maximum atomic E-state index is 14.2. The Balaban J connectivity index is 1.21. The van der Waals surface area contributed by atoms with Crippen molar-refractivity contribution in [3.63, 3.8) is 0 Å². The summed E-state index contributed by atoms with van der Waals surface area (Å²) in [5, 5.41) is 9.83. The largest absolute Gasteiger partial charge is 0.404 e. The second kappa shape index (κ2) is 9.70. The number of rotatable bonds is 4. The molecule has 0 saturated carbocycles. The lowest BCUT2D eigenvalue weighted by molar-refractivity contribution is -0.188. The minimum atomic E-state index is -4.28. The molecule has 0 aromatic carbocycles. The van der Waals surface area contributed by atoms with Crippen LogP contribution in [0.1, 0.15) is 54.7 Å². The molecule has 8 nitrogen and oxygen atoms in total. The van der Waals surface area contributed by atoms with Gasteiger partial charge in [-0.05, 0) is 64.6 Å². The molecule has 200 valence electrons. The number of nitrogens with zero attached hydrogens (tertiary/aromatic N) is 4. The van der Waals surface area contributed by atoms with Crippen molar-refractivity contribution in [1.29, 1.82) is 0 Å². The predicted octanol–water partition coefficient (Wildman–Crippen LogP) is 3.44. The Morgan fingerprint density at radius 1 is 1.11 bits per heavy atom. The van der Waals surface area contributed by atoms with E-state index in [0.717, 1.165) is 19.0 Å². The zero-order valence-electron chi connectivity index (χ0n) is 20.7. The molecule has 5 heterocycles. The third-order valence-corrected chi connectivity index (χ3v) is 7.97. The number of hydrogen-bond donors (Lipinski definition) is 2. The number of alkyl halides is 3. The minimum absolute atomic E-state index is 0.0439. The molecule has 0 aliphatic carbocycles. The van der Waals surface area contributed by atoms with Crippen LogP contribution in [0.3, 0.4) is 0 Å². The Labute approximate surface area is 211 Å². The fraction of sp³-hybridized carbons (Fsp3) is 0.600. The van der Waals surface area contributed by atoms with E-state index in [-0.39, 0.29) is 66.5 Å². The molecule has 5 rings (SSSR count). The normalized spacial score (nSPS) is 28.4. The van der Waals surface area contributed by atoms with Gasteiger partial charge >= 0.3 is 6.18 Å². The van der Waals surface area contributed by atoms with Gasteiger partial charge in [-0.2, -0.15) is 18.3 Å². The van der Waals surface area contributed by atoms with E-state index in [4.69, 9.17) is 0 Å². The van der Waals surface area contributed by atoms with Gasteiger partial charge in [-0.3, -0.25) is 24.6 Å². The highest BCUT2D eigenvalue weighted by Crippen LogP contribution is 2.40. The molecule has 2 aromatic heterocycles. The number of fused-ring (bicyclic) bond motifs is 2. The number of pyridine rings is 1. The summed E-state index contributed by atoms with van der Waals surface area (Å²) in [5.41, 5.74) is 1.50. The molecule has 2 amide bonds. The van der Waals surface area contributed by atoms with Gasteiger partial charge in [-0.15, -0.1) is 0 Å². The second-order valence-corrected chi connectivity index (χ2v) is 10.5. The quantitative estimate of drug-likeness (QED) is 0.600. The number of halogens is 4. The average Bonchev–Trinajstić information content (AvgIpc) is 3.42. The third kappa shape index (κ3) is 5.07. The zero-order chi connectivity index (χ0) is 26.5. The monoisotopic (exact) mass is 522 g/mol. The number of aromatic nitrogens is 3. The molecule has 0 radical (unpaired) electrons. The molecule has 3 aliphatic rings. The number of carbonyl (C=O) groups excluding carboxylic acids is 2. The maximum Gasteiger partial charge on any atom is 0.404 e. The van der Waals surface area contributed by atoms with E-state index >= 15 is 0 Å². The van der Waals surface area contributed by atoms with E-state index in [1.165, 1.54) is 18.0 Å². The number of aromatic amines is 1. The summed E-state index contributed by atoms with van der Waals surface area (Å²) in [6.45, 7) is 1.90. The highest BCUT2D eigenvalue weighted by Gasteiger charge is 2.47. The molecule has 2 bridgehead atoms. The first-order chi connectivity index (χ1) is 17.5. The van der Waals surface area contributed by atoms with Crippen LogP contribution < -0.4 is 5.32 Å². The molecule has 3 saturated heterocycles. The first-order valence-electron chi connectivity index (χ1n) is 12.6. The van der Waals surface area contributed by atoms with E-state index in [0.29, 0.717) is 24.2 Å². The van der Waals surface area contributed by atoms with Crippen molar-refractivity contribution in [3.05, 3.63) is 35.5 Å². The second-order valence-electron chi connectivity index (χ2n) is 10.5. The van der Waals surface area contributed by atoms with E-state index in [9.17, 15) is 27.2 Å². The number of nitrogens with one attached hydrogen (secondary N) is 2. The fourth-order valence-electron chi connectivity index (χ4n) is 6.17. The molecule has 12 heteroatoms. The first-order valence-corrected chi connectivity index (χ1v) is 12.6. The van der Waals surface area contributed by atoms with Gasteiger partial charge in [-0.1, -0.05) is 0 Å². The molecule has 2 N–H and O–H groups in total. The topological polar surface area (TPSA) is 94.2 Å². The number of piperidine rings is 2. The fourth-order valence-corrected chi connectivity index (χ4v) is 6.17. The van der Waals surface area contributed by atoms with Gasteiger partial charge < -0.3 is 10.2 Å². The van der Waals surface area contributed by atoms with Crippen molar-refractivity contribution in [3.8, 4) is 11.3 Å². The number of H-pyrrole nitrogens is 1. The minimum Gasteiger partial charge on any atom is -0.352 e.